The van der Waals surface area contributed by atoms with Gasteiger partial charge in [-0.05, 0) is 19.2 Å². The van der Waals surface area contributed by atoms with Gasteiger partial charge in [-0.3, -0.25) is 0 Å². The summed E-state index contributed by atoms with van der Waals surface area (Å²) in [5.41, 5.74) is 0. The summed E-state index contributed by atoms with van der Waals surface area (Å²) in [4.78, 5) is 0.995. The number of rotatable bonds is 7. The first kappa shape index (κ1) is 13.6. The molecule has 0 aliphatic heterocycles. The first-order chi connectivity index (χ1) is 7.60. The lowest BCUT2D eigenvalue weighted by Crippen LogP contribution is -2.26. The number of thiophene rings is 1. The van der Waals surface area contributed by atoms with Crippen molar-refractivity contribution >= 4 is 21.4 Å². The third kappa shape index (κ3) is 3.84. The Kier molecular flexibility index (Phi) is 5.36. The van der Waals surface area contributed by atoms with Crippen LogP contribution in [0, 0.1) is 0 Å². The Morgan fingerprint density at radius 3 is 2.81 bits per heavy atom. The van der Waals surface area contributed by atoms with Crippen molar-refractivity contribution in [3.63, 3.8) is 0 Å². The van der Waals surface area contributed by atoms with Crippen LogP contribution in [0.25, 0.3) is 0 Å². The molecule has 0 saturated carbocycles. The van der Waals surface area contributed by atoms with Crippen molar-refractivity contribution in [1.29, 1.82) is 0 Å². The van der Waals surface area contributed by atoms with Crippen LogP contribution in [0.2, 0.25) is 0 Å². The summed E-state index contributed by atoms with van der Waals surface area (Å²) in [6.45, 7) is 1.34. The molecule has 92 valence electrons. The monoisotopic (exact) mass is 264 g/mol. The van der Waals surface area contributed by atoms with E-state index in [0.29, 0.717) is 17.4 Å². The summed E-state index contributed by atoms with van der Waals surface area (Å²) in [5.74, 6) is 0. The van der Waals surface area contributed by atoms with Gasteiger partial charge in [0.2, 0.25) is 10.0 Å². The molecular formula is C9H16N2O3S2. The Morgan fingerprint density at radius 2 is 2.19 bits per heavy atom. The fourth-order valence-corrected chi connectivity index (χ4v) is 3.55. The molecule has 1 aromatic rings. The van der Waals surface area contributed by atoms with E-state index in [1.54, 1.807) is 6.07 Å². The largest absolute Gasteiger partial charge is 0.383 e. The maximum absolute atomic E-state index is 11.7. The van der Waals surface area contributed by atoms with Gasteiger partial charge in [-0.25, -0.2) is 13.1 Å². The van der Waals surface area contributed by atoms with Gasteiger partial charge in [0.1, 0.15) is 4.21 Å². The minimum absolute atomic E-state index is 0.290. The third-order valence-electron chi connectivity index (χ3n) is 1.85. The van der Waals surface area contributed by atoms with Gasteiger partial charge in [0.05, 0.1) is 6.61 Å². The first-order valence-electron chi connectivity index (χ1n) is 4.82. The van der Waals surface area contributed by atoms with E-state index < -0.39 is 10.0 Å². The van der Waals surface area contributed by atoms with Gasteiger partial charge in [-0.1, -0.05) is 0 Å². The van der Waals surface area contributed by atoms with Crippen molar-refractivity contribution in [2.45, 2.75) is 10.8 Å². The predicted octanol–water partition coefficient (Wildman–Crippen LogP) is 0.392. The van der Waals surface area contributed by atoms with E-state index in [-0.39, 0.29) is 6.54 Å². The highest BCUT2D eigenvalue weighted by molar-refractivity contribution is 7.91. The van der Waals surface area contributed by atoms with E-state index in [0.717, 1.165) is 4.88 Å². The number of sulfonamides is 1. The molecule has 0 saturated heterocycles. The molecule has 0 aromatic carbocycles. The molecule has 0 radical (unpaired) electrons. The minimum atomic E-state index is -3.37. The molecule has 0 bridgehead atoms. The lowest BCUT2D eigenvalue weighted by molar-refractivity contribution is 0.204. The molecule has 5 nitrogen and oxygen atoms in total. The smallest absolute Gasteiger partial charge is 0.250 e. The lowest BCUT2D eigenvalue weighted by atomic mass is 10.5. The zero-order valence-corrected chi connectivity index (χ0v) is 11.0. The summed E-state index contributed by atoms with van der Waals surface area (Å²) >= 11 is 1.27. The van der Waals surface area contributed by atoms with E-state index in [9.17, 15) is 8.42 Å². The van der Waals surface area contributed by atoms with E-state index in [4.69, 9.17) is 4.74 Å². The van der Waals surface area contributed by atoms with Gasteiger partial charge in [-0.2, -0.15) is 0 Å². The van der Waals surface area contributed by atoms with Crippen molar-refractivity contribution in [3.05, 3.63) is 17.0 Å². The number of ether oxygens (including phenoxy) is 1. The molecule has 0 unspecified atom stereocenters. The maximum atomic E-state index is 11.7. The molecule has 2 N–H and O–H groups in total. The highest BCUT2D eigenvalue weighted by Crippen LogP contribution is 2.20. The summed E-state index contributed by atoms with van der Waals surface area (Å²) < 4.78 is 31.1. The van der Waals surface area contributed by atoms with Crippen LogP contribution >= 0.6 is 11.3 Å². The first-order valence-corrected chi connectivity index (χ1v) is 7.12. The van der Waals surface area contributed by atoms with E-state index in [2.05, 4.69) is 10.0 Å². The molecule has 1 aromatic heterocycles. The molecular weight excluding hydrogens is 248 g/mol. The molecule has 0 amide bonds. The minimum Gasteiger partial charge on any atom is -0.383 e. The summed E-state index contributed by atoms with van der Waals surface area (Å²) in [7, 11) is -0.0129. The SMILES string of the molecule is CNCc1ccc(S(=O)(=O)NCCOC)s1. The van der Waals surface area contributed by atoms with Crippen molar-refractivity contribution in [2.75, 3.05) is 27.3 Å². The fourth-order valence-electron chi connectivity index (χ4n) is 1.12. The van der Waals surface area contributed by atoms with Crippen LogP contribution < -0.4 is 10.0 Å². The molecule has 7 heteroatoms. The predicted molar refractivity (Wildman–Crippen MR) is 64.1 cm³/mol. The number of nitrogens with one attached hydrogen (secondary N) is 2. The molecule has 0 fully saturated rings. The number of hydrogen-bond donors (Lipinski definition) is 2. The second-order valence-electron chi connectivity index (χ2n) is 3.14. The zero-order chi connectivity index (χ0) is 12.0. The topological polar surface area (TPSA) is 67.4 Å². The highest BCUT2D eigenvalue weighted by atomic mass is 32.2. The maximum Gasteiger partial charge on any atom is 0.250 e. The van der Waals surface area contributed by atoms with E-state index >= 15 is 0 Å². The van der Waals surface area contributed by atoms with Crippen molar-refractivity contribution in [3.8, 4) is 0 Å². The average Bonchev–Trinajstić information content (AvgIpc) is 2.68. The summed E-state index contributed by atoms with van der Waals surface area (Å²) in [6.07, 6.45) is 0. The van der Waals surface area contributed by atoms with Gasteiger partial charge in [0.25, 0.3) is 0 Å². The molecule has 1 heterocycles. The Labute approximate surface area is 99.9 Å². The average molecular weight is 264 g/mol. The van der Waals surface area contributed by atoms with Crippen LogP contribution in [0.3, 0.4) is 0 Å². The number of hydrogen-bond acceptors (Lipinski definition) is 5. The van der Waals surface area contributed by atoms with E-state index in [1.165, 1.54) is 18.4 Å². The van der Waals surface area contributed by atoms with Gasteiger partial charge >= 0.3 is 0 Å². The second kappa shape index (κ2) is 6.31. The van der Waals surface area contributed by atoms with Crippen molar-refractivity contribution < 1.29 is 13.2 Å². The van der Waals surface area contributed by atoms with Crippen LogP contribution in [0.15, 0.2) is 16.3 Å². The molecule has 16 heavy (non-hydrogen) atoms. The fraction of sp³-hybridized carbons (Fsp3) is 0.556. The van der Waals surface area contributed by atoms with Crippen LogP contribution in [-0.2, 0) is 21.3 Å². The molecule has 0 aliphatic rings. The van der Waals surface area contributed by atoms with Gasteiger partial charge < -0.3 is 10.1 Å². The van der Waals surface area contributed by atoms with E-state index in [1.807, 2.05) is 13.1 Å². The van der Waals surface area contributed by atoms with Crippen molar-refractivity contribution in [2.24, 2.45) is 0 Å². The molecule has 0 spiro atoms. The molecule has 0 atom stereocenters. The highest BCUT2D eigenvalue weighted by Gasteiger charge is 2.15. The van der Waals surface area contributed by atoms with Gasteiger partial charge in [0.15, 0.2) is 0 Å². The van der Waals surface area contributed by atoms with Gasteiger partial charge in [0, 0.05) is 25.1 Å². The van der Waals surface area contributed by atoms with Crippen LogP contribution in [0.4, 0.5) is 0 Å². The Hall–Kier alpha value is -0.470. The zero-order valence-electron chi connectivity index (χ0n) is 9.32. The molecule has 0 aliphatic carbocycles. The standard InChI is InChI=1S/C9H16N2O3S2/c1-10-7-8-3-4-9(15-8)16(12,13)11-5-6-14-2/h3-4,10-11H,5-7H2,1-2H3. The quantitative estimate of drug-likeness (QED) is 0.699. The Balaban J connectivity index is 2.66. The van der Waals surface area contributed by atoms with Crippen molar-refractivity contribution in [1.82, 2.24) is 10.0 Å². The van der Waals surface area contributed by atoms with Crippen LogP contribution in [-0.4, -0.2) is 35.7 Å². The van der Waals surface area contributed by atoms with Crippen LogP contribution in [0.5, 0.6) is 0 Å². The summed E-state index contributed by atoms with van der Waals surface area (Å²) in [6, 6.07) is 3.43. The lowest BCUT2D eigenvalue weighted by Gasteiger charge is -2.03. The Morgan fingerprint density at radius 1 is 1.44 bits per heavy atom. The van der Waals surface area contributed by atoms with Gasteiger partial charge in [-0.15, -0.1) is 11.3 Å². The van der Waals surface area contributed by atoms with Crippen LogP contribution in [0.1, 0.15) is 4.88 Å². The third-order valence-corrected chi connectivity index (χ3v) is 4.89. The summed E-state index contributed by atoms with van der Waals surface area (Å²) in [5, 5.41) is 2.98. The molecule has 1 rings (SSSR count). The number of methoxy groups -OCH3 is 1. The normalized spacial score (nSPS) is 11.9. The second-order valence-corrected chi connectivity index (χ2v) is 6.30. The Bertz CT molecular complexity index is 414.